The summed E-state index contributed by atoms with van der Waals surface area (Å²) in [6.07, 6.45) is 1.96. The number of amides is 1. The average Bonchev–Trinajstić information content (AvgIpc) is 2.60. The van der Waals surface area contributed by atoms with Gasteiger partial charge in [-0.15, -0.1) is 0 Å². The molecule has 1 N–H and O–H groups in total. The van der Waals surface area contributed by atoms with Crippen LogP contribution in [0.1, 0.15) is 23.6 Å². The van der Waals surface area contributed by atoms with E-state index < -0.39 is 18.0 Å². The van der Waals surface area contributed by atoms with Gasteiger partial charge < -0.3 is 10.1 Å². The van der Waals surface area contributed by atoms with Gasteiger partial charge in [-0.3, -0.25) is 4.79 Å². The highest BCUT2D eigenvalue weighted by atomic mass is 16.5. The first-order valence-corrected chi connectivity index (χ1v) is 7.74. The minimum atomic E-state index is -0.958. The number of hydrogen-bond acceptors (Lipinski definition) is 4. The quantitative estimate of drug-likeness (QED) is 0.671. The number of anilines is 1. The van der Waals surface area contributed by atoms with Crippen molar-refractivity contribution in [2.45, 2.75) is 20.0 Å². The van der Waals surface area contributed by atoms with Crippen LogP contribution >= 0.6 is 0 Å². The van der Waals surface area contributed by atoms with E-state index in [2.05, 4.69) is 5.32 Å². The van der Waals surface area contributed by atoms with Crippen LogP contribution in [0.15, 0.2) is 54.6 Å². The maximum absolute atomic E-state index is 12.1. The topological polar surface area (TPSA) is 79.2 Å². The monoisotopic (exact) mass is 334 g/mol. The van der Waals surface area contributed by atoms with Gasteiger partial charge in [0.1, 0.15) is 0 Å². The number of nitrogens with zero attached hydrogens (tertiary/aromatic N) is 1. The molecule has 25 heavy (non-hydrogen) atoms. The van der Waals surface area contributed by atoms with Crippen molar-refractivity contribution >= 4 is 23.6 Å². The van der Waals surface area contributed by atoms with E-state index in [0.29, 0.717) is 11.3 Å². The summed E-state index contributed by atoms with van der Waals surface area (Å²) in [4.78, 5) is 23.9. The van der Waals surface area contributed by atoms with Crippen LogP contribution in [0.4, 0.5) is 5.69 Å². The molecule has 0 aliphatic heterocycles. The lowest BCUT2D eigenvalue weighted by atomic mass is 10.1. The van der Waals surface area contributed by atoms with E-state index in [1.165, 1.54) is 13.0 Å². The molecule has 0 spiro atoms. The molecule has 2 rings (SSSR count). The van der Waals surface area contributed by atoms with Gasteiger partial charge in [-0.25, -0.2) is 4.79 Å². The van der Waals surface area contributed by atoms with Crippen molar-refractivity contribution in [1.29, 1.82) is 5.26 Å². The Hall–Kier alpha value is -3.39. The summed E-state index contributed by atoms with van der Waals surface area (Å²) in [5.41, 5.74) is 2.87. The lowest BCUT2D eigenvalue weighted by Gasteiger charge is -2.12. The second-order valence-corrected chi connectivity index (χ2v) is 5.51. The van der Waals surface area contributed by atoms with Crippen molar-refractivity contribution in [3.8, 4) is 6.07 Å². The van der Waals surface area contributed by atoms with Gasteiger partial charge in [-0.1, -0.05) is 35.9 Å². The van der Waals surface area contributed by atoms with Gasteiger partial charge >= 0.3 is 5.97 Å². The molecule has 0 aromatic heterocycles. The SMILES string of the molecule is Cc1cccc(/C=C/C(=O)O[C@H](C)C(=O)Nc2cccc(C#N)c2)c1. The first-order valence-electron chi connectivity index (χ1n) is 7.74. The van der Waals surface area contributed by atoms with Crippen LogP contribution in [0.25, 0.3) is 6.08 Å². The van der Waals surface area contributed by atoms with Crippen LogP contribution in [-0.4, -0.2) is 18.0 Å². The van der Waals surface area contributed by atoms with E-state index >= 15 is 0 Å². The third-order valence-electron chi connectivity index (χ3n) is 3.38. The van der Waals surface area contributed by atoms with Gasteiger partial charge in [0.15, 0.2) is 6.10 Å². The Morgan fingerprint density at radius 1 is 1.20 bits per heavy atom. The molecule has 0 bridgehead atoms. The predicted molar refractivity (Wildman–Crippen MR) is 95.6 cm³/mol. The first-order chi connectivity index (χ1) is 12.0. The molecule has 0 unspecified atom stereocenters. The molecule has 0 aliphatic rings. The molecule has 5 heteroatoms. The number of esters is 1. The molecule has 1 amide bonds. The molecule has 2 aromatic carbocycles. The van der Waals surface area contributed by atoms with Crippen LogP contribution in [0, 0.1) is 18.3 Å². The van der Waals surface area contributed by atoms with E-state index in [-0.39, 0.29) is 0 Å². The summed E-state index contributed by atoms with van der Waals surface area (Å²) in [6, 6.07) is 16.2. The number of rotatable bonds is 5. The van der Waals surface area contributed by atoms with Crippen molar-refractivity contribution in [2.75, 3.05) is 5.32 Å². The summed E-state index contributed by atoms with van der Waals surface area (Å²) in [6.45, 7) is 3.45. The van der Waals surface area contributed by atoms with Gasteiger partial charge in [0, 0.05) is 11.8 Å². The molecule has 0 heterocycles. The fraction of sp³-hybridized carbons (Fsp3) is 0.150. The molecule has 5 nitrogen and oxygen atoms in total. The van der Waals surface area contributed by atoms with Crippen molar-refractivity contribution in [2.24, 2.45) is 0 Å². The largest absolute Gasteiger partial charge is 0.449 e. The maximum Gasteiger partial charge on any atom is 0.331 e. The van der Waals surface area contributed by atoms with Crippen LogP contribution in [0.2, 0.25) is 0 Å². The number of carbonyl (C=O) groups is 2. The third-order valence-corrected chi connectivity index (χ3v) is 3.38. The van der Waals surface area contributed by atoms with Gasteiger partial charge in [0.05, 0.1) is 11.6 Å². The molecule has 0 radical (unpaired) electrons. The molecule has 2 aromatic rings. The number of benzene rings is 2. The zero-order valence-corrected chi connectivity index (χ0v) is 14.0. The second-order valence-electron chi connectivity index (χ2n) is 5.51. The molecular weight excluding hydrogens is 316 g/mol. The average molecular weight is 334 g/mol. The van der Waals surface area contributed by atoms with Gasteiger partial charge in [0.25, 0.3) is 5.91 Å². The molecule has 126 valence electrons. The molecular formula is C20H18N2O3. The highest BCUT2D eigenvalue weighted by Gasteiger charge is 2.16. The molecule has 1 atom stereocenters. The van der Waals surface area contributed by atoms with Gasteiger partial charge in [-0.05, 0) is 43.7 Å². The van der Waals surface area contributed by atoms with E-state index in [0.717, 1.165) is 11.1 Å². The fourth-order valence-corrected chi connectivity index (χ4v) is 2.12. The predicted octanol–water partition coefficient (Wildman–Crippen LogP) is 3.45. The van der Waals surface area contributed by atoms with E-state index in [1.807, 2.05) is 37.3 Å². The molecule has 0 saturated heterocycles. The van der Waals surface area contributed by atoms with Crippen molar-refractivity contribution in [3.63, 3.8) is 0 Å². The number of carbonyl (C=O) groups excluding carboxylic acids is 2. The minimum Gasteiger partial charge on any atom is -0.449 e. The number of ether oxygens (including phenoxy) is 1. The standard InChI is InChI=1S/C20H18N2O3/c1-14-5-3-6-16(11-14)9-10-19(23)25-15(2)20(24)22-18-8-4-7-17(12-18)13-21/h3-12,15H,1-2H3,(H,22,24)/b10-9+/t15-/m1/s1. The number of nitriles is 1. The summed E-state index contributed by atoms with van der Waals surface area (Å²) in [7, 11) is 0. The Bertz CT molecular complexity index is 850. The Labute approximate surface area is 146 Å². The number of hydrogen-bond donors (Lipinski definition) is 1. The highest BCUT2D eigenvalue weighted by molar-refractivity contribution is 5.96. The highest BCUT2D eigenvalue weighted by Crippen LogP contribution is 2.11. The molecule has 0 fully saturated rings. The second kappa shape index (κ2) is 8.46. The third kappa shape index (κ3) is 5.63. The Kier molecular flexibility index (Phi) is 6.08. The van der Waals surface area contributed by atoms with E-state index in [1.54, 1.807) is 30.3 Å². The molecule has 0 aliphatic carbocycles. The van der Waals surface area contributed by atoms with Crippen LogP contribution in [0.5, 0.6) is 0 Å². The molecule has 0 saturated carbocycles. The van der Waals surface area contributed by atoms with Crippen molar-refractivity contribution < 1.29 is 14.3 Å². The smallest absolute Gasteiger partial charge is 0.331 e. The summed E-state index contributed by atoms with van der Waals surface area (Å²) in [5.74, 6) is -1.07. The van der Waals surface area contributed by atoms with Crippen LogP contribution in [-0.2, 0) is 14.3 Å². The van der Waals surface area contributed by atoms with E-state index in [4.69, 9.17) is 10.00 Å². The Morgan fingerprint density at radius 3 is 2.68 bits per heavy atom. The maximum atomic E-state index is 12.1. The number of aryl methyl sites for hydroxylation is 1. The van der Waals surface area contributed by atoms with Crippen LogP contribution in [0.3, 0.4) is 0 Å². The first kappa shape index (κ1) is 18.0. The lowest BCUT2D eigenvalue weighted by molar-refractivity contribution is -0.148. The zero-order valence-electron chi connectivity index (χ0n) is 14.0. The Morgan fingerprint density at radius 2 is 1.96 bits per heavy atom. The van der Waals surface area contributed by atoms with Crippen molar-refractivity contribution in [1.82, 2.24) is 0 Å². The van der Waals surface area contributed by atoms with Crippen molar-refractivity contribution in [3.05, 3.63) is 71.3 Å². The summed E-state index contributed by atoms with van der Waals surface area (Å²) < 4.78 is 5.09. The summed E-state index contributed by atoms with van der Waals surface area (Å²) >= 11 is 0. The Balaban J connectivity index is 1.91. The van der Waals surface area contributed by atoms with Gasteiger partial charge in [0.2, 0.25) is 0 Å². The fourth-order valence-electron chi connectivity index (χ4n) is 2.12. The van der Waals surface area contributed by atoms with E-state index in [9.17, 15) is 9.59 Å². The summed E-state index contributed by atoms with van der Waals surface area (Å²) in [5, 5.41) is 11.5. The zero-order chi connectivity index (χ0) is 18.2. The van der Waals surface area contributed by atoms with Crippen LogP contribution < -0.4 is 5.32 Å². The van der Waals surface area contributed by atoms with Gasteiger partial charge in [-0.2, -0.15) is 5.26 Å². The lowest BCUT2D eigenvalue weighted by Crippen LogP contribution is -2.29. The number of nitrogens with one attached hydrogen (secondary N) is 1. The normalized spacial score (nSPS) is 11.6. The minimum absolute atomic E-state index is 0.434.